The van der Waals surface area contributed by atoms with Crippen molar-refractivity contribution in [2.75, 3.05) is 18.8 Å². The molecule has 2 N–H and O–H groups in total. The van der Waals surface area contributed by atoms with Gasteiger partial charge < -0.3 is 10.6 Å². The van der Waals surface area contributed by atoms with Crippen LogP contribution >= 0.6 is 0 Å². The van der Waals surface area contributed by atoms with Crippen molar-refractivity contribution < 1.29 is 4.79 Å². The molecule has 0 atom stereocenters. The SMILES string of the molecule is Cc1ccc(C(=O)N2CCC(c3ccc(-c4cnn(C5CC5)c4)cc3)CC2)cc1N. The standard InChI is InChI=1S/C25H28N4O/c1-17-2-3-21(14-24(17)26)25(30)28-12-10-20(11-13-28)18-4-6-19(7-5-18)22-15-27-29(16-22)23-8-9-23/h2-7,14-16,20,23H,8-13,26H2,1H3. The average Bonchev–Trinajstić information content (AvgIpc) is 3.52. The number of carbonyl (C=O) groups is 1. The highest BCUT2D eigenvalue weighted by molar-refractivity contribution is 5.95. The number of aryl methyl sites for hydroxylation is 1. The third-order valence-corrected chi connectivity index (χ3v) is 6.55. The summed E-state index contributed by atoms with van der Waals surface area (Å²) in [7, 11) is 0. The molecule has 2 aliphatic rings. The van der Waals surface area contributed by atoms with Crippen molar-refractivity contribution >= 4 is 11.6 Å². The zero-order valence-corrected chi connectivity index (χ0v) is 17.4. The van der Waals surface area contributed by atoms with Crippen LogP contribution in [0.1, 0.15) is 59.1 Å². The van der Waals surface area contributed by atoms with Crippen molar-refractivity contribution in [1.82, 2.24) is 14.7 Å². The fraction of sp³-hybridized carbons (Fsp3) is 0.360. The summed E-state index contributed by atoms with van der Waals surface area (Å²) in [4.78, 5) is 14.8. The lowest BCUT2D eigenvalue weighted by Crippen LogP contribution is -2.37. The zero-order valence-electron chi connectivity index (χ0n) is 17.4. The Morgan fingerprint density at radius 2 is 1.73 bits per heavy atom. The predicted octanol–water partition coefficient (Wildman–Crippen LogP) is 4.80. The first kappa shape index (κ1) is 18.9. The van der Waals surface area contributed by atoms with E-state index in [4.69, 9.17) is 5.73 Å². The van der Waals surface area contributed by atoms with Gasteiger partial charge in [-0.25, -0.2) is 0 Å². The van der Waals surface area contributed by atoms with Crippen LogP contribution in [0.3, 0.4) is 0 Å². The van der Waals surface area contributed by atoms with E-state index < -0.39 is 0 Å². The lowest BCUT2D eigenvalue weighted by Gasteiger charge is -2.32. The van der Waals surface area contributed by atoms with Crippen molar-refractivity contribution in [3.8, 4) is 11.1 Å². The van der Waals surface area contributed by atoms with Gasteiger partial charge in [0.05, 0.1) is 12.2 Å². The number of rotatable bonds is 4. The number of benzene rings is 2. The van der Waals surface area contributed by atoms with E-state index in [1.165, 1.54) is 29.5 Å². The van der Waals surface area contributed by atoms with E-state index in [0.29, 0.717) is 23.2 Å². The highest BCUT2D eigenvalue weighted by atomic mass is 16.2. The van der Waals surface area contributed by atoms with Crippen LogP contribution in [0.15, 0.2) is 54.9 Å². The maximum Gasteiger partial charge on any atom is 0.253 e. The summed E-state index contributed by atoms with van der Waals surface area (Å²) in [5.41, 5.74) is 12.1. The van der Waals surface area contributed by atoms with E-state index in [1.807, 2.05) is 30.2 Å². The summed E-state index contributed by atoms with van der Waals surface area (Å²) >= 11 is 0. The molecule has 30 heavy (non-hydrogen) atoms. The summed E-state index contributed by atoms with van der Waals surface area (Å²) < 4.78 is 2.09. The minimum Gasteiger partial charge on any atom is -0.398 e. The monoisotopic (exact) mass is 400 g/mol. The number of aromatic nitrogens is 2. The van der Waals surface area contributed by atoms with Gasteiger partial charge in [0.15, 0.2) is 0 Å². The summed E-state index contributed by atoms with van der Waals surface area (Å²) in [6, 6.07) is 15.1. The molecule has 2 aromatic carbocycles. The number of piperidine rings is 1. The van der Waals surface area contributed by atoms with Crippen molar-refractivity contribution in [2.24, 2.45) is 0 Å². The fourth-order valence-corrected chi connectivity index (χ4v) is 4.35. The lowest BCUT2D eigenvalue weighted by atomic mass is 9.88. The molecule has 0 bridgehead atoms. The maximum atomic E-state index is 12.8. The highest BCUT2D eigenvalue weighted by Gasteiger charge is 2.26. The van der Waals surface area contributed by atoms with Crippen LogP contribution in [0.2, 0.25) is 0 Å². The smallest absolute Gasteiger partial charge is 0.253 e. The Morgan fingerprint density at radius 3 is 2.40 bits per heavy atom. The number of hydrogen-bond acceptors (Lipinski definition) is 3. The van der Waals surface area contributed by atoms with Crippen molar-refractivity contribution in [1.29, 1.82) is 0 Å². The van der Waals surface area contributed by atoms with Crippen LogP contribution in [0.25, 0.3) is 11.1 Å². The van der Waals surface area contributed by atoms with Gasteiger partial charge >= 0.3 is 0 Å². The molecule has 2 heterocycles. The van der Waals surface area contributed by atoms with Crippen LogP contribution in [-0.4, -0.2) is 33.7 Å². The third-order valence-electron chi connectivity index (χ3n) is 6.55. The van der Waals surface area contributed by atoms with Gasteiger partial charge in [-0.05, 0) is 67.3 Å². The molecule has 1 aliphatic carbocycles. The number of carbonyl (C=O) groups excluding carboxylic acids is 1. The molecule has 0 radical (unpaired) electrons. The van der Waals surface area contributed by atoms with Gasteiger partial charge in [0.2, 0.25) is 0 Å². The Bertz CT molecular complexity index is 1060. The van der Waals surface area contributed by atoms with Crippen LogP contribution in [0.5, 0.6) is 0 Å². The second-order valence-electron chi connectivity index (χ2n) is 8.70. The molecule has 0 unspecified atom stereocenters. The molecule has 5 nitrogen and oxygen atoms in total. The Balaban J connectivity index is 1.21. The molecular formula is C25H28N4O. The zero-order chi connectivity index (χ0) is 20.7. The van der Waals surface area contributed by atoms with Crippen molar-refractivity contribution in [3.05, 3.63) is 71.5 Å². The van der Waals surface area contributed by atoms with E-state index in [1.54, 1.807) is 6.07 Å². The number of nitrogens with two attached hydrogens (primary N) is 1. The number of nitrogens with zero attached hydrogens (tertiary/aromatic N) is 3. The summed E-state index contributed by atoms with van der Waals surface area (Å²) in [6.07, 6.45) is 8.61. The minimum absolute atomic E-state index is 0.0863. The predicted molar refractivity (Wildman–Crippen MR) is 119 cm³/mol. The highest BCUT2D eigenvalue weighted by Crippen LogP contribution is 2.35. The number of likely N-dealkylation sites (tertiary alicyclic amines) is 1. The van der Waals surface area contributed by atoms with Gasteiger partial charge in [-0.3, -0.25) is 9.48 Å². The molecule has 3 aromatic rings. The molecule has 5 rings (SSSR count). The molecule has 0 spiro atoms. The largest absolute Gasteiger partial charge is 0.398 e. The third kappa shape index (κ3) is 3.72. The number of amides is 1. The molecule has 5 heteroatoms. The summed E-state index contributed by atoms with van der Waals surface area (Å²) in [5.74, 6) is 0.587. The Hall–Kier alpha value is -3.08. The topological polar surface area (TPSA) is 64.2 Å². The molecule has 1 saturated carbocycles. The second-order valence-corrected chi connectivity index (χ2v) is 8.70. The number of hydrogen-bond donors (Lipinski definition) is 1. The quantitative estimate of drug-likeness (QED) is 0.640. The van der Waals surface area contributed by atoms with E-state index in [2.05, 4.69) is 40.2 Å². The minimum atomic E-state index is 0.0863. The molecule has 1 saturated heterocycles. The van der Waals surface area contributed by atoms with Gasteiger partial charge in [0.25, 0.3) is 5.91 Å². The summed E-state index contributed by atoms with van der Waals surface area (Å²) in [5, 5.41) is 4.50. The van der Waals surface area contributed by atoms with Crippen LogP contribution in [0, 0.1) is 6.92 Å². The number of nitrogen functional groups attached to an aromatic ring is 1. The molecule has 1 amide bonds. The van der Waals surface area contributed by atoms with Crippen molar-refractivity contribution in [2.45, 2.75) is 44.6 Å². The Morgan fingerprint density at radius 1 is 1.00 bits per heavy atom. The van der Waals surface area contributed by atoms with E-state index >= 15 is 0 Å². The van der Waals surface area contributed by atoms with Gasteiger partial charge in [-0.2, -0.15) is 5.10 Å². The van der Waals surface area contributed by atoms with Gasteiger partial charge in [-0.1, -0.05) is 30.3 Å². The average molecular weight is 401 g/mol. The Kier molecular flexibility index (Phi) is 4.81. The van der Waals surface area contributed by atoms with Gasteiger partial charge in [-0.15, -0.1) is 0 Å². The fourth-order valence-electron chi connectivity index (χ4n) is 4.35. The lowest BCUT2D eigenvalue weighted by molar-refractivity contribution is 0.0713. The maximum absolute atomic E-state index is 12.8. The first-order valence-corrected chi connectivity index (χ1v) is 10.9. The van der Waals surface area contributed by atoms with E-state index in [9.17, 15) is 4.79 Å². The molecule has 1 aliphatic heterocycles. The molecule has 1 aromatic heterocycles. The summed E-state index contributed by atoms with van der Waals surface area (Å²) in [6.45, 7) is 3.53. The van der Waals surface area contributed by atoms with Crippen molar-refractivity contribution in [3.63, 3.8) is 0 Å². The Labute approximate surface area is 177 Å². The number of anilines is 1. The van der Waals surface area contributed by atoms with Crippen LogP contribution in [0.4, 0.5) is 5.69 Å². The molecule has 2 fully saturated rings. The van der Waals surface area contributed by atoms with Crippen LogP contribution < -0.4 is 5.73 Å². The van der Waals surface area contributed by atoms with E-state index in [0.717, 1.165) is 31.5 Å². The first-order chi connectivity index (χ1) is 14.6. The van der Waals surface area contributed by atoms with E-state index in [-0.39, 0.29) is 5.91 Å². The van der Waals surface area contributed by atoms with Crippen LogP contribution in [-0.2, 0) is 0 Å². The molecule has 154 valence electrons. The second kappa shape index (κ2) is 7.63. The first-order valence-electron chi connectivity index (χ1n) is 10.9. The van der Waals surface area contributed by atoms with Gasteiger partial charge in [0, 0.05) is 36.1 Å². The molecular weight excluding hydrogens is 372 g/mol. The van der Waals surface area contributed by atoms with Gasteiger partial charge in [0.1, 0.15) is 0 Å². The normalized spacial score (nSPS) is 17.3.